The van der Waals surface area contributed by atoms with Crippen LogP contribution in [0.25, 0.3) is 0 Å². The van der Waals surface area contributed by atoms with Gasteiger partial charge in [0, 0.05) is 6.54 Å². The van der Waals surface area contributed by atoms with Gasteiger partial charge in [0.2, 0.25) is 5.91 Å². The second-order valence-electron chi connectivity index (χ2n) is 3.85. The summed E-state index contributed by atoms with van der Waals surface area (Å²) in [6.07, 6.45) is 0.0149. The second kappa shape index (κ2) is 7.25. The van der Waals surface area contributed by atoms with E-state index in [1.165, 1.54) is 0 Å². The Hall–Kier alpha value is -2.24. The van der Waals surface area contributed by atoms with Crippen LogP contribution in [-0.2, 0) is 16.0 Å². The highest BCUT2D eigenvalue weighted by Gasteiger charge is 2.08. The standard InChI is InChI=1S/C13H17NO5/c1-18-10-3-4-11(19-2)9(7-10)5-6-14-12(15)8-13(16)17/h3-4,7H,5-6,8H2,1-2H3,(H,14,15)(H,16,17). The number of rotatable bonds is 7. The topological polar surface area (TPSA) is 84.9 Å². The Kier molecular flexibility index (Phi) is 5.66. The molecule has 0 radical (unpaired) electrons. The number of hydrogen-bond acceptors (Lipinski definition) is 4. The van der Waals surface area contributed by atoms with Gasteiger partial charge in [-0.05, 0) is 30.2 Å². The van der Waals surface area contributed by atoms with Gasteiger partial charge in [0.1, 0.15) is 17.9 Å². The van der Waals surface area contributed by atoms with Crippen LogP contribution >= 0.6 is 0 Å². The molecule has 6 heteroatoms. The van der Waals surface area contributed by atoms with E-state index in [9.17, 15) is 9.59 Å². The third-order valence-corrected chi connectivity index (χ3v) is 2.52. The van der Waals surface area contributed by atoms with Crippen molar-refractivity contribution in [2.24, 2.45) is 0 Å². The lowest BCUT2D eigenvalue weighted by Gasteiger charge is -2.10. The molecule has 0 aliphatic rings. The molecule has 2 N–H and O–H groups in total. The highest BCUT2D eigenvalue weighted by Crippen LogP contribution is 2.24. The number of carboxylic acid groups (broad SMARTS) is 1. The summed E-state index contributed by atoms with van der Waals surface area (Å²) in [4.78, 5) is 21.5. The minimum Gasteiger partial charge on any atom is -0.497 e. The first-order valence-electron chi connectivity index (χ1n) is 5.76. The van der Waals surface area contributed by atoms with Crippen LogP contribution in [0.1, 0.15) is 12.0 Å². The van der Waals surface area contributed by atoms with Gasteiger partial charge in [0.15, 0.2) is 0 Å². The normalized spacial score (nSPS) is 9.79. The molecule has 0 saturated carbocycles. The van der Waals surface area contributed by atoms with Gasteiger partial charge in [0.05, 0.1) is 14.2 Å². The van der Waals surface area contributed by atoms with E-state index in [1.54, 1.807) is 26.4 Å². The first-order chi connectivity index (χ1) is 9.06. The molecular weight excluding hydrogens is 250 g/mol. The maximum Gasteiger partial charge on any atom is 0.312 e. The monoisotopic (exact) mass is 267 g/mol. The van der Waals surface area contributed by atoms with Crippen molar-refractivity contribution in [3.8, 4) is 11.5 Å². The molecule has 0 unspecified atom stereocenters. The Labute approximate surface area is 111 Å². The highest BCUT2D eigenvalue weighted by atomic mass is 16.5. The summed E-state index contributed by atoms with van der Waals surface area (Å²) in [5, 5.41) is 11.0. The lowest BCUT2D eigenvalue weighted by molar-refractivity contribution is -0.140. The van der Waals surface area contributed by atoms with E-state index in [0.717, 1.165) is 5.56 Å². The van der Waals surface area contributed by atoms with E-state index in [4.69, 9.17) is 14.6 Å². The van der Waals surface area contributed by atoms with Crippen LogP contribution in [-0.4, -0.2) is 37.7 Å². The number of carbonyl (C=O) groups is 2. The molecule has 19 heavy (non-hydrogen) atoms. The number of carboxylic acids is 1. The number of ether oxygens (including phenoxy) is 2. The molecule has 0 bridgehead atoms. The zero-order valence-corrected chi connectivity index (χ0v) is 10.9. The van der Waals surface area contributed by atoms with Crippen molar-refractivity contribution in [3.63, 3.8) is 0 Å². The van der Waals surface area contributed by atoms with Crippen LogP contribution in [0, 0.1) is 0 Å². The Balaban J connectivity index is 2.56. The molecule has 104 valence electrons. The molecule has 1 rings (SSSR count). The summed E-state index contributed by atoms with van der Waals surface area (Å²) < 4.78 is 10.3. The summed E-state index contributed by atoms with van der Waals surface area (Å²) in [5.41, 5.74) is 0.887. The van der Waals surface area contributed by atoms with Crippen molar-refractivity contribution in [3.05, 3.63) is 23.8 Å². The molecule has 0 spiro atoms. The average Bonchev–Trinajstić information content (AvgIpc) is 2.37. The van der Waals surface area contributed by atoms with Gasteiger partial charge in [0.25, 0.3) is 0 Å². The van der Waals surface area contributed by atoms with Crippen LogP contribution in [0.15, 0.2) is 18.2 Å². The fraction of sp³-hybridized carbons (Fsp3) is 0.385. The van der Waals surface area contributed by atoms with Crippen LogP contribution in [0.3, 0.4) is 0 Å². The van der Waals surface area contributed by atoms with Crippen LogP contribution in [0.4, 0.5) is 0 Å². The fourth-order valence-electron chi connectivity index (χ4n) is 1.61. The van der Waals surface area contributed by atoms with E-state index in [1.807, 2.05) is 6.07 Å². The number of hydrogen-bond donors (Lipinski definition) is 2. The van der Waals surface area contributed by atoms with Gasteiger partial charge in [-0.2, -0.15) is 0 Å². The summed E-state index contributed by atoms with van der Waals surface area (Å²) in [7, 11) is 3.13. The molecule has 0 fully saturated rings. The zero-order valence-electron chi connectivity index (χ0n) is 10.9. The van der Waals surface area contributed by atoms with Crippen molar-refractivity contribution in [1.82, 2.24) is 5.32 Å². The minimum atomic E-state index is -1.14. The molecule has 0 aromatic heterocycles. The highest BCUT2D eigenvalue weighted by molar-refractivity contribution is 5.93. The van der Waals surface area contributed by atoms with Gasteiger partial charge in [-0.15, -0.1) is 0 Å². The summed E-state index contributed by atoms with van der Waals surface area (Å²) in [5.74, 6) is -0.244. The van der Waals surface area contributed by atoms with Crippen LogP contribution in [0.5, 0.6) is 11.5 Å². The third-order valence-electron chi connectivity index (χ3n) is 2.52. The number of benzene rings is 1. The SMILES string of the molecule is COc1ccc(OC)c(CCNC(=O)CC(=O)O)c1. The number of aliphatic carboxylic acids is 1. The predicted octanol–water partition coefficient (Wildman–Crippen LogP) is 0.837. The minimum absolute atomic E-state index is 0.343. The number of carbonyl (C=O) groups excluding carboxylic acids is 1. The Morgan fingerprint density at radius 3 is 2.58 bits per heavy atom. The maximum atomic E-state index is 11.2. The van der Waals surface area contributed by atoms with Crippen molar-refractivity contribution in [2.45, 2.75) is 12.8 Å². The van der Waals surface area contributed by atoms with E-state index in [-0.39, 0.29) is 0 Å². The molecule has 0 saturated heterocycles. The van der Waals surface area contributed by atoms with Crippen molar-refractivity contribution in [2.75, 3.05) is 20.8 Å². The smallest absolute Gasteiger partial charge is 0.312 e. The van der Waals surface area contributed by atoms with Crippen molar-refractivity contribution >= 4 is 11.9 Å². The van der Waals surface area contributed by atoms with Crippen LogP contribution < -0.4 is 14.8 Å². The van der Waals surface area contributed by atoms with E-state index >= 15 is 0 Å². The van der Waals surface area contributed by atoms with Crippen molar-refractivity contribution in [1.29, 1.82) is 0 Å². The summed E-state index contributed by atoms with van der Waals surface area (Å²) in [6.45, 7) is 0.343. The molecule has 1 amide bonds. The lowest BCUT2D eigenvalue weighted by Crippen LogP contribution is -2.27. The molecule has 6 nitrogen and oxygen atoms in total. The molecule has 0 aliphatic heterocycles. The molecule has 0 aliphatic carbocycles. The van der Waals surface area contributed by atoms with Gasteiger partial charge in [-0.3, -0.25) is 9.59 Å². The zero-order chi connectivity index (χ0) is 14.3. The Morgan fingerprint density at radius 1 is 1.26 bits per heavy atom. The summed E-state index contributed by atoms with van der Waals surface area (Å²) in [6, 6.07) is 5.39. The van der Waals surface area contributed by atoms with E-state index in [2.05, 4.69) is 5.32 Å². The van der Waals surface area contributed by atoms with Gasteiger partial charge >= 0.3 is 5.97 Å². The molecule has 0 heterocycles. The molecular formula is C13H17NO5. The molecule has 1 aromatic rings. The van der Waals surface area contributed by atoms with E-state index < -0.39 is 18.3 Å². The number of methoxy groups -OCH3 is 2. The second-order valence-corrected chi connectivity index (χ2v) is 3.85. The largest absolute Gasteiger partial charge is 0.497 e. The van der Waals surface area contributed by atoms with Gasteiger partial charge in [-0.1, -0.05) is 0 Å². The average molecular weight is 267 g/mol. The van der Waals surface area contributed by atoms with Crippen molar-refractivity contribution < 1.29 is 24.2 Å². The Morgan fingerprint density at radius 2 is 2.00 bits per heavy atom. The summed E-state index contributed by atoms with van der Waals surface area (Å²) >= 11 is 0. The number of nitrogens with one attached hydrogen (secondary N) is 1. The maximum absolute atomic E-state index is 11.2. The third kappa shape index (κ3) is 4.87. The van der Waals surface area contributed by atoms with Crippen LogP contribution in [0.2, 0.25) is 0 Å². The fourth-order valence-corrected chi connectivity index (χ4v) is 1.61. The molecule has 1 aromatic carbocycles. The quantitative estimate of drug-likeness (QED) is 0.715. The molecule has 0 atom stereocenters. The van der Waals surface area contributed by atoms with Gasteiger partial charge in [-0.25, -0.2) is 0 Å². The number of amides is 1. The first-order valence-corrected chi connectivity index (χ1v) is 5.76. The predicted molar refractivity (Wildman–Crippen MR) is 68.5 cm³/mol. The van der Waals surface area contributed by atoms with Gasteiger partial charge < -0.3 is 19.9 Å². The van der Waals surface area contributed by atoms with E-state index in [0.29, 0.717) is 24.5 Å². The Bertz CT molecular complexity index is 458. The first kappa shape index (κ1) is 14.8. The lowest BCUT2D eigenvalue weighted by atomic mass is 10.1.